The van der Waals surface area contributed by atoms with Crippen LogP contribution < -0.4 is 4.74 Å². The van der Waals surface area contributed by atoms with Crippen LogP contribution in [0.4, 0.5) is 0 Å². The summed E-state index contributed by atoms with van der Waals surface area (Å²) in [4.78, 5) is 14.6. The zero-order valence-corrected chi connectivity index (χ0v) is 18.0. The lowest BCUT2D eigenvalue weighted by molar-refractivity contribution is -0.130. The van der Waals surface area contributed by atoms with Gasteiger partial charge >= 0.3 is 0 Å². The molecule has 2 aromatic rings. The molecule has 1 fully saturated rings. The van der Waals surface area contributed by atoms with Crippen molar-refractivity contribution in [2.45, 2.75) is 56.6 Å². The number of carbonyl (C=O) groups is 1. The Morgan fingerprint density at radius 2 is 1.79 bits per heavy atom. The van der Waals surface area contributed by atoms with Crippen molar-refractivity contribution in [2.24, 2.45) is 0 Å². The molecule has 1 heterocycles. The van der Waals surface area contributed by atoms with E-state index < -0.39 is 0 Å². The SMILES string of the molecule is CC(C)(C)SC1CCN(C(=O)CCc2ccc(OCc3ccccc3)cc2)C1. The second-order valence-electron chi connectivity index (χ2n) is 8.40. The van der Waals surface area contributed by atoms with Crippen LogP contribution in [0.3, 0.4) is 0 Å². The van der Waals surface area contributed by atoms with Gasteiger partial charge < -0.3 is 9.64 Å². The van der Waals surface area contributed by atoms with Crippen molar-refractivity contribution >= 4 is 17.7 Å². The minimum atomic E-state index is 0.258. The number of amides is 1. The fourth-order valence-corrected chi connectivity index (χ4v) is 4.93. The number of likely N-dealkylation sites (tertiary alicyclic amines) is 1. The van der Waals surface area contributed by atoms with Crippen LogP contribution in [0.25, 0.3) is 0 Å². The summed E-state index contributed by atoms with van der Waals surface area (Å²) in [6.45, 7) is 9.10. The van der Waals surface area contributed by atoms with Crippen molar-refractivity contribution in [3.8, 4) is 5.75 Å². The summed E-state index contributed by atoms with van der Waals surface area (Å²) in [5.41, 5.74) is 2.34. The van der Waals surface area contributed by atoms with Crippen molar-refractivity contribution in [1.82, 2.24) is 4.90 Å². The monoisotopic (exact) mass is 397 g/mol. The predicted molar refractivity (Wildman–Crippen MR) is 118 cm³/mol. The molecule has 0 aromatic heterocycles. The molecule has 3 rings (SSSR count). The topological polar surface area (TPSA) is 29.5 Å². The first-order chi connectivity index (χ1) is 13.4. The van der Waals surface area contributed by atoms with Crippen molar-refractivity contribution in [2.75, 3.05) is 13.1 Å². The lowest BCUT2D eigenvalue weighted by atomic mass is 10.1. The van der Waals surface area contributed by atoms with E-state index >= 15 is 0 Å². The maximum atomic E-state index is 12.5. The third kappa shape index (κ3) is 6.59. The van der Waals surface area contributed by atoms with Gasteiger partial charge in [0.25, 0.3) is 0 Å². The van der Waals surface area contributed by atoms with Gasteiger partial charge in [0.05, 0.1) is 0 Å². The molecule has 0 saturated carbocycles. The molecular weight excluding hydrogens is 366 g/mol. The first kappa shape index (κ1) is 20.8. The van der Waals surface area contributed by atoms with Crippen molar-refractivity contribution in [1.29, 1.82) is 0 Å². The molecule has 3 nitrogen and oxygen atoms in total. The van der Waals surface area contributed by atoms with E-state index in [9.17, 15) is 4.79 Å². The van der Waals surface area contributed by atoms with Crippen LogP contribution in [0.15, 0.2) is 54.6 Å². The van der Waals surface area contributed by atoms with Crippen LogP contribution in [0.5, 0.6) is 5.75 Å². The highest BCUT2D eigenvalue weighted by Crippen LogP contribution is 2.33. The molecule has 1 saturated heterocycles. The largest absolute Gasteiger partial charge is 0.489 e. The quantitative estimate of drug-likeness (QED) is 0.632. The van der Waals surface area contributed by atoms with Gasteiger partial charge in [-0.25, -0.2) is 0 Å². The van der Waals surface area contributed by atoms with Gasteiger partial charge in [-0.2, -0.15) is 11.8 Å². The Morgan fingerprint density at radius 3 is 2.46 bits per heavy atom. The van der Waals surface area contributed by atoms with E-state index in [-0.39, 0.29) is 10.7 Å². The second-order valence-corrected chi connectivity index (χ2v) is 10.5. The van der Waals surface area contributed by atoms with Crippen LogP contribution >= 0.6 is 11.8 Å². The predicted octanol–water partition coefficient (Wildman–Crippen LogP) is 5.33. The van der Waals surface area contributed by atoms with Crippen molar-refractivity contribution in [3.05, 3.63) is 65.7 Å². The molecule has 0 radical (unpaired) electrons. The van der Waals surface area contributed by atoms with E-state index in [1.165, 1.54) is 5.56 Å². The highest BCUT2D eigenvalue weighted by molar-refractivity contribution is 8.01. The fourth-order valence-electron chi connectivity index (χ4n) is 3.45. The average molecular weight is 398 g/mol. The van der Waals surface area contributed by atoms with Crippen LogP contribution in [-0.4, -0.2) is 33.9 Å². The van der Waals surface area contributed by atoms with Gasteiger partial charge in [-0.05, 0) is 36.1 Å². The molecule has 4 heteroatoms. The molecule has 150 valence electrons. The molecule has 0 aliphatic carbocycles. The standard InChI is InChI=1S/C24H31NO2S/c1-24(2,3)28-22-15-16-25(17-22)23(26)14-11-19-9-12-21(13-10-19)27-18-20-7-5-4-6-8-20/h4-10,12-13,22H,11,14-18H2,1-3H3. The number of hydrogen-bond acceptors (Lipinski definition) is 3. The summed E-state index contributed by atoms with van der Waals surface area (Å²) in [5.74, 6) is 1.14. The first-order valence-electron chi connectivity index (χ1n) is 10.1. The molecule has 1 atom stereocenters. The summed E-state index contributed by atoms with van der Waals surface area (Å²) in [6, 6.07) is 18.3. The van der Waals surface area contributed by atoms with Gasteiger partial charge in [0, 0.05) is 29.5 Å². The Bertz CT molecular complexity index is 752. The lowest BCUT2D eigenvalue weighted by Gasteiger charge is -2.23. The number of carbonyl (C=O) groups excluding carboxylic acids is 1. The summed E-state index contributed by atoms with van der Waals surface area (Å²) < 4.78 is 6.09. The summed E-state index contributed by atoms with van der Waals surface area (Å²) in [6.07, 6.45) is 2.48. The molecule has 1 unspecified atom stereocenters. The highest BCUT2D eigenvalue weighted by Gasteiger charge is 2.29. The van der Waals surface area contributed by atoms with E-state index in [0.717, 1.165) is 37.2 Å². The van der Waals surface area contributed by atoms with E-state index in [0.29, 0.717) is 18.3 Å². The van der Waals surface area contributed by atoms with Gasteiger partial charge in [-0.15, -0.1) is 0 Å². The zero-order valence-electron chi connectivity index (χ0n) is 17.2. The van der Waals surface area contributed by atoms with E-state index in [1.807, 2.05) is 47.0 Å². The Kier molecular flexibility index (Phi) is 7.06. The molecule has 0 spiro atoms. The van der Waals surface area contributed by atoms with Gasteiger partial charge in [0.15, 0.2) is 0 Å². The van der Waals surface area contributed by atoms with Crippen LogP contribution in [0, 0.1) is 0 Å². The molecule has 1 amide bonds. The van der Waals surface area contributed by atoms with Crippen LogP contribution in [0.1, 0.15) is 44.7 Å². The summed E-state index contributed by atoms with van der Waals surface area (Å²) in [7, 11) is 0. The summed E-state index contributed by atoms with van der Waals surface area (Å²) in [5, 5.41) is 0.574. The van der Waals surface area contributed by atoms with E-state index in [1.54, 1.807) is 0 Å². The Labute approximate surface area is 173 Å². The fraction of sp³-hybridized carbons (Fsp3) is 0.458. The summed E-state index contributed by atoms with van der Waals surface area (Å²) >= 11 is 2.00. The number of hydrogen-bond donors (Lipinski definition) is 0. The second kappa shape index (κ2) is 9.51. The number of aryl methyl sites for hydroxylation is 1. The smallest absolute Gasteiger partial charge is 0.222 e. The molecule has 0 N–H and O–H groups in total. The Balaban J connectivity index is 1.41. The molecule has 1 aliphatic rings. The molecule has 0 bridgehead atoms. The minimum absolute atomic E-state index is 0.258. The molecular formula is C24H31NO2S. The third-order valence-corrected chi connectivity index (χ3v) is 6.24. The number of thioether (sulfide) groups is 1. The number of rotatable bonds is 7. The number of ether oxygens (including phenoxy) is 1. The van der Waals surface area contributed by atoms with Crippen molar-refractivity contribution in [3.63, 3.8) is 0 Å². The normalized spacial score (nSPS) is 17.0. The van der Waals surface area contributed by atoms with Crippen LogP contribution in [0.2, 0.25) is 0 Å². The van der Waals surface area contributed by atoms with Gasteiger partial charge in [-0.1, -0.05) is 63.2 Å². The molecule has 28 heavy (non-hydrogen) atoms. The van der Waals surface area contributed by atoms with E-state index in [2.05, 4.69) is 45.0 Å². The molecule has 2 aromatic carbocycles. The lowest BCUT2D eigenvalue weighted by Crippen LogP contribution is -2.30. The first-order valence-corrected chi connectivity index (χ1v) is 11.0. The maximum Gasteiger partial charge on any atom is 0.222 e. The zero-order chi connectivity index (χ0) is 20.0. The van der Waals surface area contributed by atoms with Crippen LogP contribution in [-0.2, 0) is 17.8 Å². The van der Waals surface area contributed by atoms with Crippen molar-refractivity contribution < 1.29 is 9.53 Å². The van der Waals surface area contributed by atoms with Gasteiger partial charge in [0.1, 0.15) is 12.4 Å². The number of nitrogens with zero attached hydrogens (tertiary/aromatic N) is 1. The minimum Gasteiger partial charge on any atom is -0.489 e. The maximum absolute atomic E-state index is 12.5. The Hall–Kier alpha value is -1.94. The highest BCUT2D eigenvalue weighted by atomic mass is 32.2. The van der Waals surface area contributed by atoms with Gasteiger partial charge in [0.2, 0.25) is 5.91 Å². The molecule has 1 aliphatic heterocycles. The van der Waals surface area contributed by atoms with E-state index in [4.69, 9.17) is 4.74 Å². The number of benzene rings is 2. The van der Waals surface area contributed by atoms with Gasteiger partial charge in [-0.3, -0.25) is 4.79 Å². The Morgan fingerprint density at radius 1 is 1.07 bits per heavy atom. The average Bonchev–Trinajstić information content (AvgIpc) is 3.13. The third-order valence-electron chi connectivity index (χ3n) is 4.82.